The first kappa shape index (κ1) is 13.9. The number of carbonyl (C=O) groups excluding carboxylic acids is 1. The van der Waals surface area contributed by atoms with Crippen molar-refractivity contribution in [3.63, 3.8) is 0 Å². The predicted octanol–water partition coefficient (Wildman–Crippen LogP) is 1.42. The molecule has 0 aromatic rings. The van der Waals surface area contributed by atoms with Crippen LogP contribution in [0.2, 0.25) is 0 Å². The zero-order chi connectivity index (χ0) is 12.3. The second-order valence-electron chi connectivity index (χ2n) is 4.87. The maximum absolute atomic E-state index is 11.3. The minimum absolute atomic E-state index is 0.152. The summed E-state index contributed by atoms with van der Waals surface area (Å²) in [6.45, 7) is 8.52. The van der Waals surface area contributed by atoms with Crippen LogP contribution < -0.4 is 0 Å². The highest BCUT2D eigenvalue weighted by Crippen LogP contribution is 2.21. The molecule has 0 aromatic heterocycles. The summed E-state index contributed by atoms with van der Waals surface area (Å²) in [5.41, 5.74) is -0.152. The molecule has 1 fully saturated rings. The molecule has 94 valence electrons. The third kappa shape index (κ3) is 4.03. The molecule has 16 heavy (non-hydrogen) atoms. The van der Waals surface area contributed by atoms with E-state index in [1.54, 1.807) is 0 Å². The van der Waals surface area contributed by atoms with Crippen LogP contribution in [-0.2, 0) is 14.3 Å². The highest BCUT2D eigenvalue weighted by atomic mass is 79.9. The minimum atomic E-state index is -0.265. The van der Waals surface area contributed by atoms with E-state index >= 15 is 0 Å². The molecule has 1 aliphatic heterocycles. The molecule has 0 N–H and O–H groups in total. The average Bonchev–Trinajstić information content (AvgIpc) is 2.12. The van der Waals surface area contributed by atoms with Crippen molar-refractivity contribution in [3.8, 4) is 0 Å². The fourth-order valence-electron chi connectivity index (χ4n) is 2.15. The second kappa shape index (κ2) is 5.47. The van der Waals surface area contributed by atoms with E-state index in [1.165, 1.54) is 7.11 Å². The van der Waals surface area contributed by atoms with E-state index in [1.807, 2.05) is 0 Å². The van der Waals surface area contributed by atoms with E-state index in [0.717, 1.165) is 13.1 Å². The summed E-state index contributed by atoms with van der Waals surface area (Å²) in [5, 5.41) is 0. The Morgan fingerprint density at radius 2 is 2.31 bits per heavy atom. The maximum Gasteiger partial charge on any atom is 0.320 e. The number of esters is 1. The van der Waals surface area contributed by atoms with Gasteiger partial charge < -0.3 is 9.47 Å². The van der Waals surface area contributed by atoms with Crippen LogP contribution >= 0.6 is 15.9 Å². The summed E-state index contributed by atoms with van der Waals surface area (Å²) in [5.74, 6) is -0.225. The summed E-state index contributed by atoms with van der Waals surface area (Å²) in [6, 6.07) is 0. The summed E-state index contributed by atoms with van der Waals surface area (Å²) in [6.07, 6.45) is 0.195. The van der Waals surface area contributed by atoms with Gasteiger partial charge in [-0.25, -0.2) is 0 Å². The van der Waals surface area contributed by atoms with Crippen molar-refractivity contribution >= 4 is 21.9 Å². The number of carbonyl (C=O) groups is 1. The summed E-state index contributed by atoms with van der Waals surface area (Å²) in [7, 11) is 1.41. The van der Waals surface area contributed by atoms with Gasteiger partial charge in [0, 0.05) is 19.6 Å². The lowest BCUT2D eigenvalue weighted by Gasteiger charge is -2.42. The number of morpholine rings is 1. The molecule has 2 unspecified atom stereocenters. The number of hydrogen-bond donors (Lipinski definition) is 0. The van der Waals surface area contributed by atoms with Gasteiger partial charge in [-0.3, -0.25) is 9.69 Å². The van der Waals surface area contributed by atoms with E-state index in [-0.39, 0.29) is 22.5 Å². The maximum atomic E-state index is 11.3. The van der Waals surface area contributed by atoms with Gasteiger partial charge in [0.15, 0.2) is 0 Å². The van der Waals surface area contributed by atoms with Crippen LogP contribution in [0.3, 0.4) is 0 Å². The smallest absolute Gasteiger partial charge is 0.320 e. The number of nitrogens with zero attached hydrogens (tertiary/aromatic N) is 1. The third-order valence-corrected chi connectivity index (χ3v) is 3.18. The fourth-order valence-corrected chi connectivity index (χ4v) is 2.75. The van der Waals surface area contributed by atoms with E-state index < -0.39 is 0 Å². The van der Waals surface area contributed by atoms with Crippen LogP contribution in [0.25, 0.3) is 0 Å². The van der Waals surface area contributed by atoms with Gasteiger partial charge in [-0.05, 0) is 20.8 Å². The largest absolute Gasteiger partial charge is 0.468 e. The highest BCUT2D eigenvalue weighted by Gasteiger charge is 2.33. The fraction of sp³-hybridized carbons (Fsp3) is 0.909. The Hall–Kier alpha value is -0.130. The van der Waals surface area contributed by atoms with E-state index in [2.05, 4.69) is 46.3 Å². The molecular weight excluding hydrogens is 274 g/mol. The first-order valence-electron chi connectivity index (χ1n) is 5.46. The first-order valence-corrected chi connectivity index (χ1v) is 6.37. The van der Waals surface area contributed by atoms with Crippen molar-refractivity contribution in [1.29, 1.82) is 0 Å². The molecule has 2 atom stereocenters. The van der Waals surface area contributed by atoms with Crippen LogP contribution in [0.4, 0.5) is 0 Å². The zero-order valence-corrected chi connectivity index (χ0v) is 11.9. The van der Waals surface area contributed by atoms with Gasteiger partial charge in [0.05, 0.1) is 18.8 Å². The molecule has 0 spiro atoms. The lowest BCUT2D eigenvalue weighted by atomic mass is 10.1. The van der Waals surface area contributed by atoms with Crippen molar-refractivity contribution in [2.75, 3.05) is 26.7 Å². The van der Waals surface area contributed by atoms with Gasteiger partial charge in [0.25, 0.3) is 0 Å². The molecule has 0 radical (unpaired) electrons. The monoisotopic (exact) mass is 293 g/mol. The molecule has 0 amide bonds. The second-order valence-corrected chi connectivity index (χ2v) is 5.98. The van der Waals surface area contributed by atoms with Crippen LogP contribution in [0, 0.1) is 0 Å². The molecule has 4 nitrogen and oxygen atoms in total. The van der Waals surface area contributed by atoms with Crippen LogP contribution in [0.15, 0.2) is 0 Å². The number of alkyl halides is 1. The topological polar surface area (TPSA) is 38.8 Å². The average molecular weight is 294 g/mol. The van der Waals surface area contributed by atoms with E-state index in [4.69, 9.17) is 4.74 Å². The van der Waals surface area contributed by atoms with Gasteiger partial charge >= 0.3 is 5.97 Å². The Bertz CT molecular complexity index is 258. The van der Waals surface area contributed by atoms with E-state index in [0.29, 0.717) is 6.54 Å². The molecule has 0 saturated carbocycles. The molecule has 0 aromatic carbocycles. The van der Waals surface area contributed by atoms with Gasteiger partial charge in [0.2, 0.25) is 0 Å². The Labute approximate surface area is 105 Å². The predicted molar refractivity (Wildman–Crippen MR) is 65.8 cm³/mol. The molecule has 1 saturated heterocycles. The van der Waals surface area contributed by atoms with Gasteiger partial charge in [-0.2, -0.15) is 0 Å². The van der Waals surface area contributed by atoms with E-state index in [9.17, 15) is 4.79 Å². The number of ether oxygens (including phenoxy) is 2. The molecule has 1 heterocycles. The van der Waals surface area contributed by atoms with Crippen molar-refractivity contribution < 1.29 is 14.3 Å². The van der Waals surface area contributed by atoms with Crippen LogP contribution in [-0.4, -0.2) is 54.1 Å². The summed E-state index contributed by atoms with van der Waals surface area (Å²) in [4.78, 5) is 13.3. The standard InChI is InChI=1S/C11H20BrNO3/c1-8-5-13(7-11(2,3)16-8)6-9(12)10(14)15-4/h8-9H,5-7H2,1-4H3. The molecule has 5 heteroatoms. The van der Waals surface area contributed by atoms with Crippen molar-refractivity contribution in [2.24, 2.45) is 0 Å². The summed E-state index contributed by atoms with van der Waals surface area (Å²) < 4.78 is 10.5. The normalized spacial score (nSPS) is 27.4. The third-order valence-electron chi connectivity index (χ3n) is 2.52. The Kier molecular flexibility index (Phi) is 4.76. The number of hydrogen-bond acceptors (Lipinski definition) is 4. The molecule has 1 rings (SSSR count). The number of methoxy groups -OCH3 is 1. The molecule has 0 bridgehead atoms. The van der Waals surface area contributed by atoms with Crippen LogP contribution in [0.5, 0.6) is 0 Å². The van der Waals surface area contributed by atoms with Gasteiger partial charge in [-0.15, -0.1) is 0 Å². The number of rotatable bonds is 3. The Morgan fingerprint density at radius 3 is 2.81 bits per heavy atom. The first-order chi connectivity index (χ1) is 7.34. The Morgan fingerprint density at radius 1 is 1.69 bits per heavy atom. The van der Waals surface area contributed by atoms with Crippen molar-refractivity contribution in [2.45, 2.75) is 37.3 Å². The van der Waals surface area contributed by atoms with Crippen molar-refractivity contribution in [3.05, 3.63) is 0 Å². The zero-order valence-electron chi connectivity index (χ0n) is 10.3. The van der Waals surface area contributed by atoms with Crippen molar-refractivity contribution in [1.82, 2.24) is 4.90 Å². The molecular formula is C11H20BrNO3. The van der Waals surface area contributed by atoms with Gasteiger partial charge in [-0.1, -0.05) is 15.9 Å². The van der Waals surface area contributed by atoms with Gasteiger partial charge in [0.1, 0.15) is 4.83 Å². The SMILES string of the molecule is COC(=O)C(Br)CN1CC(C)OC(C)(C)C1. The quantitative estimate of drug-likeness (QED) is 0.583. The Balaban J connectivity index is 2.51. The minimum Gasteiger partial charge on any atom is -0.468 e. The number of halogens is 1. The molecule has 1 aliphatic rings. The highest BCUT2D eigenvalue weighted by molar-refractivity contribution is 9.10. The van der Waals surface area contributed by atoms with Crippen LogP contribution in [0.1, 0.15) is 20.8 Å². The summed E-state index contributed by atoms with van der Waals surface area (Å²) >= 11 is 3.34. The lowest BCUT2D eigenvalue weighted by molar-refractivity contribution is -0.144. The molecule has 0 aliphatic carbocycles. The lowest BCUT2D eigenvalue weighted by Crippen LogP contribution is -2.53.